The van der Waals surface area contributed by atoms with Crippen LogP contribution in [-0.2, 0) is 14.3 Å². The van der Waals surface area contributed by atoms with Crippen LogP contribution in [0.2, 0.25) is 0 Å². The van der Waals surface area contributed by atoms with Gasteiger partial charge in [0, 0.05) is 56.9 Å². The van der Waals surface area contributed by atoms with Gasteiger partial charge in [-0.3, -0.25) is 4.79 Å². The minimum Gasteiger partial charge on any atom is -0.444 e. The third-order valence-corrected chi connectivity index (χ3v) is 7.53. The summed E-state index contributed by atoms with van der Waals surface area (Å²) in [6.07, 6.45) is 7.90. The molecule has 10 nitrogen and oxygen atoms in total. The van der Waals surface area contributed by atoms with Crippen molar-refractivity contribution in [2.75, 3.05) is 26.2 Å². The van der Waals surface area contributed by atoms with Crippen molar-refractivity contribution >= 4 is 18.1 Å². The first-order chi connectivity index (χ1) is 18.0. The second-order valence-electron chi connectivity index (χ2n) is 13.1. The first kappa shape index (κ1) is 30.9. The predicted octanol–water partition coefficient (Wildman–Crippen LogP) is 3.29. The first-order valence-electron chi connectivity index (χ1n) is 14.0. The maximum absolute atomic E-state index is 12.1. The lowest BCUT2D eigenvalue weighted by atomic mass is 9.77. The van der Waals surface area contributed by atoms with Crippen LogP contribution in [0.1, 0.15) is 61.3 Å². The Morgan fingerprint density at radius 2 is 1.26 bits per heavy atom. The van der Waals surface area contributed by atoms with Crippen molar-refractivity contribution in [1.82, 2.24) is 15.1 Å². The van der Waals surface area contributed by atoms with Crippen molar-refractivity contribution in [3.05, 3.63) is 24.3 Å². The Labute approximate surface area is 232 Å². The molecule has 0 aromatic rings. The number of carbonyl (C=O) groups is 3. The molecule has 0 radical (unpaired) electrons. The number of fused-ring (bicyclic) bond motifs is 2. The van der Waals surface area contributed by atoms with Gasteiger partial charge in [-0.15, -0.1) is 0 Å². The highest BCUT2D eigenvalue weighted by molar-refractivity contribution is 5.73. The Balaban J connectivity index is 0.000000216. The van der Waals surface area contributed by atoms with Gasteiger partial charge >= 0.3 is 12.2 Å². The van der Waals surface area contributed by atoms with Gasteiger partial charge in [-0.05, 0) is 66.2 Å². The molecule has 0 bridgehead atoms. The smallest absolute Gasteiger partial charge is 0.410 e. The van der Waals surface area contributed by atoms with Crippen LogP contribution in [0.3, 0.4) is 0 Å². The summed E-state index contributed by atoms with van der Waals surface area (Å²) >= 11 is 0. The number of aliphatic hydroxyl groups excluding tert-OH is 1. The Hall–Kier alpha value is -2.59. The molecule has 0 aromatic carbocycles. The summed E-state index contributed by atoms with van der Waals surface area (Å²) in [6.45, 7) is 15.1. The van der Waals surface area contributed by atoms with Crippen molar-refractivity contribution in [3.63, 3.8) is 0 Å². The van der Waals surface area contributed by atoms with E-state index in [0.717, 1.165) is 6.42 Å². The molecule has 0 spiro atoms. The summed E-state index contributed by atoms with van der Waals surface area (Å²) < 4.78 is 10.8. The number of aliphatic hydroxyl groups is 2. The number of hydrogen-bond acceptors (Lipinski definition) is 7. The number of ether oxygens (including phenoxy) is 2. The standard InChI is InChI=1S/C15H24N2O3.C14H23NO4/c1-10(18)16-13-7-5-6-11-8-17(9-12(11)13)14(19)20-15(2,3)4;1-14(2,3)19-13(18)15-7-9-5-4-6-10(12(16)17)11(9)8-15/h5-6,11-13H,7-9H2,1-4H3,(H,16,18);4-5,9-12,16-17H,6-8H2,1-3H3/t11?,12-,13-;/m1./s1. The predicted molar refractivity (Wildman–Crippen MR) is 146 cm³/mol. The quantitative estimate of drug-likeness (QED) is 0.356. The van der Waals surface area contributed by atoms with E-state index in [9.17, 15) is 24.6 Å². The fraction of sp³-hybridized carbons (Fsp3) is 0.759. The lowest BCUT2D eigenvalue weighted by molar-refractivity contribution is -0.120. The number of likely N-dealkylation sites (tertiary alicyclic amines) is 2. The van der Waals surface area contributed by atoms with E-state index in [0.29, 0.717) is 38.5 Å². The molecule has 2 saturated heterocycles. The van der Waals surface area contributed by atoms with Crippen LogP contribution in [0.5, 0.6) is 0 Å². The Bertz CT molecular complexity index is 950. The second-order valence-corrected chi connectivity index (χ2v) is 13.1. The summed E-state index contributed by atoms with van der Waals surface area (Å²) in [7, 11) is 0. The molecule has 4 aliphatic rings. The zero-order valence-electron chi connectivity index (χ0n) is 24.4. The Morgan fingerprint density at radius 1 is 0.795 bits per heavy atom. The molecule has 2 heterocycles. The summed E-state index contributed by atoms with van der Waals surface area (Å²) in [4.78, 5) is 38.9. The van der Waals surface area contributed by atoms with Gasteiger partial charge in [0.1, 0.15) is 11.2 Å². The molecule has 10 heteroatoms. The molecule has 6 atom stereocenters. The zero-order chi connectivity index (χ0) is 29.1. The fourth-order valence-corrected chi connectivity index (χ4v) is 5.88. The van der Waals surface area contributed by atoms with E-state index >= 15 is 0 Å². The molecule has 39 heavy (non-hydrogen) atoms. The molecule has 3 N–H and O–H groups in total. The van der Waals surface area contributed by atoms with Crippen LogP contribution in [0.25, 0.3) is 0 Å². The molecular formula is C29H47N3O7. The van der Waals surface area contributed by atoms with E-state index in [4.69, 9.17) is 9.47 Å². The third-order valence-electron chi connectivity index (χ3n) is 7.53. The van der Waals surface area contributed by atoms with Crippen LogP contribution in [0.15, 0.2) is 24.3 Å². The monoisotopic (exact) mass is 549 g/mol. The Morgan fingerprint density at radius 3 is 1.72 bits per heavy atom. The van der Waals surface area contributed by atoms with Gasteiger partial charge in [-0.25, -0.2) is 9.59 Å². The van der Waals surface area contributed by atoms with Gasteiger partial charge in [0.05, 0.1) is 0 Å². The summed E-state index contributed by atoms with van der Waals surface area (Å²) in [5, 5.41) is 21.8. The lowest BCUT2D eigenvalue weighted by Crippen LogP contribution is -2.43. The van der Waals surface area contributed by atoms with Crippen LogP contribution < -0.4 is 5.32 Å². The number of allylic oxidation sites excluding steroid dienone is 1. The van der Waals surface area contributed by atoms with Crippen LogP contribution in [0, 0.1) is 29.6 Å². The van der Waals surface area contributed by atoms with E-state index in [-0.39, 0.29) is 47.8 Å². The number of carbonyl (C=O) groups excluding carboxylic acids is 3. The lowest BCUT2D eigenvalue weighted by Gasteiger charge is -2.30. The molecule has 2 aliphatic carbocycles. The molecule has 2 fully saturated rings. The second kappa shape index (κ2) is 12.3. The van der Waals surface area contributed by atoms with Crippen molar-refractivity contribution in [3.8, 4) is 0 Å². The number of nitrogens with zero attached hydrogens (tertiary/aromatic N) is 2. The molecule has 3 amide bonds. The maximum atomic E-state index is 12.1. The molecule has 220 valence electrons. The highest BCUT2D eigenvalue weighted by Crippen LogP contribution is 2.38. The number of rotatable bonds is 2. The van der Waals surface area contributed by atoms with Crippen molar-refractivity contribution in [2.45, 2.75) is 84.8 Å². The summed E-state index contributed by atoms with van der Waals surface area (Å²) in [5.74, 6) is 0.706. The van der Waals surface area contributed by atoms with Crippen molar-refractivity contribution in [2.24, 2.45) is 29.6 Å². The highest BCUT2D eigenvalue weighted by atomic mass is 16.6. The van der Waals surface area contributed by atoms with Gasteiger partial charge in [0.25, 0.3) is 0 Å². The number of hydrogen-bond donors (Lipinski definition) is 3. The van der Waals surface area contributed by atoms with Gasteiger partial charge in [0.2, 0.25) is 5.91 Å². The molecule has 2 aliphatic heterocycles. The van der Waals surface area contributed by atoms with Crippen molar-refractivity contribution < 1.29 is 34.1 Å². The van der Waals surface area contributed by atoms with Crippen LogP contribution >= 0.6 is 0 Å². The van der Waals surface area contributed by atoms with Crippen LogP contribution in [0.4, 0.5) is 9.59 Å². The average Bonchev–Trinajstić information content (AvgIpc) is 3.42. The minimum absolute atomic E-state index is 0.0141. The SMILES string of the molecule is CC(=O)N[C@@H]1CC=CC2CN(C(=O)OC(C)(C)C)C[C@H]21.CC(C)(C)OC(=O)N1CC2C=CCC(C(O)O)C2C1. The average molecular weight is 550 g/mol. The Kier molecular flexibility index (Phi) is 9.75. The normalized spacial score (nSPS) is 29.8. The minimum atomic E-state index is -1.32. The summed E-state index contributed by atoms with van der Waals surface area (Å²) in [5.41, 5.74) is -0.978. The van der Waals surface area contributed by atoms with Gasteiger partial charge < -0.3 is 34.8 Å². The zero-order valence-corrected chi connectivity index (χ0v) is 24.4. The summed E-state index contributed by atoms with van der Waals surface area (Å²) in [6, 6.07) is 0.120. The molecule has 4 rings (SSSR count). The topological polar surface area (TPSA) is 129 Å². The van der Waals surface area contributed by atoms with Crippen molar-refractivity contribution in [1.29, 1.82) is 0 Å². The van der Waals surface area contributed by atoms with E-state index in [1.807, 2.05) is 47.6 Å². The first-order valence-corrected chi connectivity index (χ1v) is 14.0. The van der Waals surface area contributed by atoms with E-state index in [1.54, 1.807) is 9.80 Å². The highest BCUT2D eigenvalue weighted by Gasteiger charge is 2.43. The largest absolute Gasteiger partial charge is 0.444 e. The van der Waals surface area contributed by atoms with E-state index < -0.39 is 17.5 Å². The van der Waals surface area contributed by atoms with E-state index in [1.165, 1.54) is 6.92 Å². The maximum Gasteiger partial charge on any atom is 0.410 e. The number of nitrogens with one attached hydrogen (secondary N) is 1. The van der Waals surface area contributed by atoms with Gasteiger partial charge in [-0.2, -0.15) is 0 Å². The van der Waals surface area contributed by atoms with Crippen LogP contribution in [-0.4, -0.2) is 87.8 Å². The van der Waals surface area contributed by atoms with Gasteiger partial charge in [-0.1, -0.05) is 24.3 Å². The third kappa shape index (κ3) is 8.70. The molecular weight excluding hydrogens is 502 g/mol. The van der Waals surface area contributed by atoms with Gasteiger partial charge in [0.15, 0.2) is 6.29 Å². The fourth-order valence-electron chi connectivity index (χ4n) is 5.88. The molecule has 4 unspecified atom stereocenters. The van der Waals surface area contributed by atoms with E-state index in [2.05, 4.69) is 23.5 Å². The molecule has 0 saturated carbocycles. The molecule has 0 aromatic heterocycles. The number of amides is 3.